The van der Waals surface area contributed by atoms with Crippen LogP contribution in [0, 0.1) is 11.8 Å². The molecule has 0 N–H and O–H groups in total. The van der Waals surface area contributed by atoms with E-state index in [0.717, 1.165) is 36.5 Å². The minimum atomic E-state index is -4.79. The first kappa shape index (κ1) is 21.6. The lowest BCUT2D eigenvalue weighted by Gasteiger charge is -2.12. The summed E-state index contributed by atoms with van der Waals surface area (Å²) in [6.45, 7) is 0. The van der Waals surface area contributed by atoms with Gasteiger partial charge in [-0.1, -0.05) is 35.6 Å². The van der Waals surface area contributed by atoms with Crippen molar-refractivity contribution < 1.29 is 26.3 Å². The first-order valence-corrected chi connectivity index (χ1v) is 9.17. The van der Waals surface area contributed by atoms with E-state index in [1.807, 2.05) is 0 Å². The number of pyridine rings is 1. The van der Waals surface area contributed by atoms with E-state index >= 15 is 0 Å². The van der Waals surface area contributed by atoms with Crippen LogP contribution < -0.4 is 0 Å². The van der Waals surface area contributed by atoms with Crippen LogP contribution in [-0.4, -0.2) is 19.6 Å². The fourth-order valence-corrected chi connectivity index (χ4v) is 3.02. The Morgan fingerprint density at radius 1 is 0.875 bits per heavy atom. The minimum absolute atomic E-state index is 0.0759. The molecule has 0 saturated heterocycles. The number of alkyl halides is 6. The van der Waals surface area contributed by atoms with Crippen molar-refractivity contribution >= 4 is 17.2 Å². The van der Waals surface area contributed by atoms with Gasteiger partial charge in [-0.25, -0.2) is 14.5 Å². The van der Waals surface area contributed by atoms with Crippen molar-refractivity contribution in [2.45, 2.75) is 12.4 Å². The van der Waals surface area contributed by atoms with Gasteiger partial charge >= 0.3 is 12.4 Å². The summed E-state index contributed by atoms with van der Waals surface area (Å²) >= 11 is 5.80. The maximum atomic E-state index is 13.6. The molecular weight excluding hydrogens is 458 g/mol. The Balaban J connectivity index is 1.86. The largest absolute Gasteiger partial charge is 0.433 e. The topological polar surface area (TPSA) is 43.1 Å². The standard InChI is InChI=1S/C21H9ClF6N4/c22-18-9-12(7-8-29-18)1-2-14-11-30-32-17(21(26,27)28)10-16(31-19(14)32)13-3-5-15(6-4-13)20(23,24)25/h3-11H. The number of benzene rings is 1. The van der Waals surface area contributed by atoms with E-state index in [9.17, 15) is 26.3 Å². The van der Waals surface area contributed by atoms with Gasteiger partial charge in [0.05, 0.1) is 23.0 Å². The first-order valence-electron chi connectivity index (χ1n) is 8.79. The second-order valence-corrected chi connectivity index (χ2v) is 6.90. The first-order chi connectivity index (χ1) is 15.0. The average Bonchev–Trinajstić information content (AvgIpc) is 3.13. The maximum absolute atomic E-state index is 13.6. The number of nitrogens with zero attached hydrogens (tertiary/aromatic N) is 4. The molecule has 0 aliphatic rings. The molecule has 0 atom stereocenters. The number of hydrogen-bond acceptors (Lipinski definition) is 3. The summed E-state index contributed by atoms with van der Waals surface area (Å²) in [4.78, 5) is 7.99. The van der Waals surface area contributed by atoms with E-state index in [4.69, 9.17) is 11.6 Å². The molecule has 0 unspecified atom stereocenters. The average molecular weight is 467 g/mol. The third-order valence-corrected chi connectivity index (χ3v) is 4.55. The van der Waals surface area contributed by atoms with Crippen molar-refractivity contribution in [3.8, 4) is 23.1 Å². The Morgan fingerprint density at radius 3 is 2.22 bits per heavy atom. The van der Waals surface area contributed by atoms with Crippen molar-refractivity contribution in [2.75, 3.05) is 0 Å². The van der Waals surface area contributed by atoms with Crippen molar-refractivity contribution in [1.29, 1.82) is 0 Å². The zero-order valence-corrected chi connectivity index (χ0v) is 16.4. The minimum Gasteiger partial charge on any atom is -0.244 e. The van der Waals surface area contributed by atoms with E-state index < -0.39 is 23.6 Å². The highest BCUT2D eigenvalue weighted by molar-refractivity contribution is 6.29. The molecule has 0 bridgehead atoms. The molecule has 32 heavy (non-hydrogen) atoms. The van der Waals surface area contributed by atoms with Crippen molar-refractivity contribution in [3.05, 3.63) is 82.4 Å². The zero-order valence-electron chi connectivity index (χ0n) is 15.6. The van der Waals surface area contributed by atoms with Crippen molar-refractivity contribution in [3.63, 3.8) is 0 Å². The molecule has 0 saturated carbocycles. The monoisotopic (exact) mass is 466 g/mol. The highest BCUT2D eigenvalue weighted by Crippen LogP contribution is 2.34. The van der Waals surface area contributed by atoms with E-state index in [2.05, 4.69) is 26.9 Å². The summed E-state index contributed by atoms with van der Waals surface area (Å²) in [5, 5.41) is 3.93. The molecule has 0 radical (unpaired) electrons. The van der Waals surface area contributed by atoms with Crippen LogP contribution >= 0.6 is 11.6 Å². The van der Waals surface area contributed by atoms with Crippen molar-refractivity contribution in [1.82, 2.24) is 19.6 Å². The predicted octanol–water partition coefficient (Wildman–Crippen LogP) is 5.88. The molecule has 4 aromatic rings. The van der Waals surface area contributed by atoms with Crippen LogP contribution in [0.5, 0.6) is 0 Å². The van der Waals surface area contributed by atoms with Crippen LogP contribution in [0.15, 0.2) is 54.9 Å². The van der Waals surface area contributed by atoms with E-state index in [-0.39, 0.29) is 27.6 Å². The molecule has 1 aromatic carbocycles. The molecule has 3 aromatic heterocycles. The number of fused-ring (bicyclic) bond motifs is 1. The molecule has 0 aliphatic heterocycles. The highest BCUT2D eigenvalue weighted by Gasteiger charge is 2.36. The molecule has 4 nitrogen and oxygen atoms in total. The van der Waals surface area contributed by atoms with Gasteiger partial charge in [-0.2, -0.15) is 31.4 Å². The van der Waals surface area contributed by atoms with Gasteiger partial charge in [-0.15, -0.1) is 0 Å². The predicted molar refractivity (Wildman–Crippen MR) is 104 cm³/mol. The Bertz CT molecular complexity index is 1360. The summed E-state index contributed by atoms with van der Waals surface area (Å²) in [5.74, 6) is 5.45. The lowest BCUT2D eigenvalue weighted by molar-refractivity contribution is -0.142. The van der Waals surface area contributed by atoms with Gasteiger partial charge in [0.15, 0.2) is 11.3 Å². The molecule has 0 fully saturated rings. The normalized spacial score (nSPS) is 12.0. The smallest absolute Gasteiger partial charge is 0.244 e. The Hall–Kier alpha value is -3.58. The molecule has 0 amide bonds. The SMILES string of the molecule is FC(F)(F)c1ccc(-c2cc(C(F)(F)F)n3ncc(C#Cc4ccnc(Cl)c4)c3n2)cc1. The van der Waals surface area contributed by atoms with Gasteiger partial charge in [0, 0.05) is 17.3 Å². The highest BCUT2D eigenvalue weighted by atomic mass is 35.5. The summed E-state index contributed by atoms with van der Waals surface area (Å²) in [7, 11) is 0. The van der Waals surface area contributed by atoms with Gasteiger partial charge in [0.2, 0.25) is 0 Å². The Labute approximate surface area is 181 Å². The van der Waals surface area contributed by atoms with Crippen molar-refractivity contribution in [2.24, 2.45) is 0 Å². The fourth-order valence-electron chi connectivity index (χ4n) is 2.85. The summed E-state index contributed by atoms with van der Waals surface area (Å²) in [6, 6.07) is 7.43. The molecule has 4 rings (SSSR count). The van der Waals surface area contributed by atoms with E-state index in [0.29, 0.717) is 10.1 Å². The Morgan fingerprint density at radius 2 is 1.59 bits per heavy atom. The number of halogens is 7. The molecule has 3 heterocycles. The molecule has 0 spiro atoms. The third-order valence-electron chi connectivity index (χ3n) is 4.34. The summed E-state index contributed by atoms with van der Waals surface area (Å²) in [6.07, 6.45) is -6.82. The van der Waals surface area contributed by atoms with Crippen LogP contribution in [-0.2, 0) is 12.4 Å². The fraction of sp³-hybridized carbons (Fsp3) is 0.0952. The molecule has 0 aliphatic carbocycles. The third kappa shape index (κ3) is 4.38. The van der Waals surface area contributed by atoms with Gasteiger partial charge in [-0.3, -0.25) is 0 Å². The van der Waals surface area contributed by atoms with Gasteiger partial charge in [0.25, 0.3) is 0 Å². The van der Waals surface area contributed by atoms with Crippen LogP contribution in [0.2, 0.25) is 5.15 Å². The van der Waals surface area contributed by atoms with Gasteiger partial charge < -0.3 is 0 Å². The van der Waals surface area contributed by atoms with Crippen LogP contribution in [0.25, 0.3) is 16.9 Å². The molecule has 11 heteroatoms. The molecular formula is C21H9ClF6N4. The number of rotatable bonds is 1. The van der Waals surface area contributed by atoms with Crippen LogP contribution in [0.3, 0.4) is 0 Å². The van der Waals surface area contributed by atoms with E-state index in [1.54, 1.807) is 6.07 Å². The van der Waals surface area contributed by atoms with Gasteiger partial charge in [0.1, 0.15) is 5.15 Å². The summed E-state index contributed by atoms with van der Waals surface area (Å²) < 4.78 is 79.9. The molecule has 162 valence electrons. The second-order valence-electron chi connectivity index (χ2n) is 6.51. The number of hydrogen-bond donors (Lipinski definition) is 0. The quantitative estimate of drug-likeness (QED) is 0.200. The van der Waals surface area contributed by atoms with Gasteiger partial charge in [-0.05, 0) is 30.3 Å². The van der Waals surface area contributed by atoms with Crippen LogP contribution in [0.1, 0.15) is 22.4 Å². The van der Waals surface area contributed by atoms with Crippen LogP contribution in [0.4, 0.5) is 26.3 Å². The number of aromatic nitrogens is 4. The lowest BCUT2D eigenvalue weighted by Crippen LogP contribution is -2.13. The Kier molecular flexibility index (Phi) is 5.30. The second kappa shape index (κ2) is 7.84. The zero-order chi connectivity index (χ0) is 23.1. The summed E-state index contributed by atoms with van der Waals surface area (Å²) in [5.41, 5.74) is -1.79. The van der Waals surface area contributed by atoms with E-state index in [1.165, 1.54) is 12.3 Å². The maximum Gasteiger partial charge on any atom is 0.433 e. The lowest BCUT2D eigenvalue weighted by atomic mass is 10.1.